The van der Waals surface area contributed by atoms with E-state index in [9.17, 15) is 9.59 Å². The molecule has 0 bridgehead atoms. The molecule has 1 aliphatic heterocycles. The zero-order valence-corrected chi connectivity index (χ0v) is 11.5. The van der Waals surface area contributed by atoms with E-state index in [1.807, 2.05) is 30.3 Å². The van der Waals surface area contributed by atoms with Gasteiger partial charge in [0.05, 0.1) is 0 Å². The number of carbonyl (C=O) groups is 2. The van der Waals surface area contributed by atoms with Gasteiger partial charge in [-0.1, -0.05) is 30.3 Å². The van der Waals surface area contributed by atoms with Crippen molar-refractivity contribution < 1.29 is 9.59 Å². The summed E-state index contributed by atoms with van der Waals surface area (Å²) in [6.45, 7) is 2.07. The normalized spacial score (nSPS) is 15.3. The van der Waals surface area contributed by atoms with E-state index in [0.717, 1.165) is 31.5 Å². The smallest absolute Gasteiger partial charge is 0.246 e. The van der Waals surface area contributed by atoms with E-state index in [1.165, 1.54) is 18.6 Å². The molecule has 1 aliphatic rings. The Morgan fingerprint density at radius 1 is 1.05 bits per heavy atom. The summed E-state index contributed by atoms with van der Waals surface area (Å²) in [5.41, 5.74) is 1.04. The molecule has 1 fully saturated rings. The van der Waals surface area contributed by atoms with Gasteiger partial charge in [0.15, 0.2) is 0 Å². The lowest BCUT2D eigenvalue weighted by atomic mass is 10.1. The maximum atomic E-state index is 11.8. The first-order valence-electron chi connectivity index (χ1n) is 7.04. The van der Waals surface area contributed by atoms with Crippen LogP contribution in [0.4, 0.5) is 0 Å². The average molecular weight is 272 g/mol. The number of likely N-dealkylation sites (tertiary alicyclic amines) is 1. The van der Waals surface area contributed by atoms with Crippen LogP contribution in [0.2, 0.25) is 0 Å². The van der Waals surface area contributed by atoms with Crippen LogP contribution in [0.5, 0.6) is 0 Å². The Labute approximate surface area is 119 Å². The Kier molecular flexibility index (Phi) is 5.35. The van der Waals surface area contributed by atoms with Crippen molar-refractivity contribution in [3.63, 3.8) is 0 Å². The summed E-state index contributed by atoms with van der Waals surface area (Å²) in [5.74, 6) is -0.307. The van der Waals surface area contributed by atoms with Gasteiger partial charge in [0.2, 0.25) is 11.8 Å². The van der Waals surface area contributed by atoms with Gasteiger partial charge < -0.3 is 10.2 Å². The molecule has 0 aromatic heterocycles. The van der Waals surface area contributed by atoms with Gasteiger partial charge in [-0.15, -0.1) is 0 Å². The zero-order valence-electron chi connectivity index (χ0n) is 11.5. The topological polar surface area (TPSA) is 49.4 Å². The zero-order chi connectivity index (χ0) is 14.2. The fraction of sp³-hybridized carbons (Fsp3) is 0.375. The lowest BCUT2D eigenvalue weighted by Gasteiger charge is -2.25. The Balaban J connectivity index is 1.75. The molecule has 20 heavy (non-hydrogen) atoms. The minimum Gasteiger partial charge on any atom is -0.348 e. The van der Waals surface area contributed by atoms with Crippen LogP contribution in [0.1, 0.15) is 24.8 Å². The van der Waals surface area contributed by atoms with E-state index in [-0.39, 0.29) is 11.8 Å². The molecule has 1 aromatic carbocycles. The van der Waals surface area contributed by atoms with Crippen LogP contribution >= 0.6 is 0 Å². The van der Waals surface area contributed by atoms with Crippen molar-refractivity contribution in [2.24, 2.45) is 0 Å². The van der Waals surface area contributed by atoms with Crippen LogP contribution < -0.4 is 5.32 Å². The van der Waals surface area contributed by atoms with Crippen LogP contribution in [-0.2, 0) is 16.1 Å². The largest absolute Gasteiger partial charge is 0.348 e. The molecule has 1 saturated heterocycles. The summed E-state index contributed by atoms with van der Waals surface area (Å²) in [7, 11) is 0. The van der Waals surface area contributed by atoms with Crippen molar-refractivity contribution in [3.8, 4) is 0 Å². The number of amides is 2. The molecule has 2 amide bonds. The average Bonchev–Trinajstić information content (AvgIpc) is 2.52. The number of hydrogen-bond donors (Lipinski definition) is 1. The molecule has 0 unspecified atom stereocenters. The highest BCUT2D eigenvalue weighted by molar-refractivity contribution is 5.96. The van der Waals surface area contributed by atoms with Gasteiger partial charge in [-0.2, -0.15) is 0 Å². The van der Waals surface area contributed by atoms with E-state index in [0.29, 0.717) is 6.54 Å². The van der Waals surface area contributed by atoms with Crippen molar-refractivity contribution in [3.05, 3.63) is 48.0 Å². The van der Waals surface area contributed by atoms with Gasteiger partial charge in [-0.25, -0.2) is 0 Å². The second kappa shape index (κ2) is 7.48. The highest BCUT2D eigenvalue weighted by Gasteiger charge is 2.13. The van der Waals surface area contributed by atoms with Crippen molar-refractivity contribution in [1.29, 1.82) is 0 Å². The molecule has 106 valence electrons. The number of hydrogen-bond acceptors (Lipinski definition) is 2. The maximum absolute atomic E-state index is 11.8. The number of nitrogens with one attached hydrogen (secondary N) is 1. The predicted octanol–water partition coefficient (Wildman–Crippen LogP) is 1.87. The standard InChI is InChI=1S/C16H20N2O2/c19-15(17-13-14-7-3-1-4-8-14)9-10-16(20)18-11-5-2-6-12-18/h1,3-4,7-10H,2,5-6,11-13H2,(H,17,19)/b10-9+. The third-order valence-corrected chi connectivity index (χ3v) is 3.35. The molecule has 4 heteroatoms. The van der Waals surface area contributed by atoms with Gasteiger partial charge in [0.1, 0.15) is 0 Å². The SMILES string of the molecule is O=C(/C=C/C(=O)N1CCCCC1)NCc1ccccc1. The maximum Gasteiger partial charge on any atom is 0.246 e. The number of benzene rings is 1. The van der Waals surface area contributed by atoms with Gasteiger partial charge in [-0.3, -0.25) is 9.59 Å². The van der Waals surface area contributed by atoms with Crippen LogP contribution in [0.15, 0.2) is 42.5 Å². The summed E-state index contributed by atoms with van der Waals surface area (Å²) in [5, 5.41) is 2.76. The molecule has 0 radical (unpaired) electrons. The molecule has 1 heterocycles. The molecule has 1 N–H and O–H groups in total. The summed E-state index contributed by atoms with van der Waals surface area (Å²) in [6, 6.07) is 9.68. The van der Waals surface area contributed by atoms with E-state index in [4.69, 9.17) is 0 Å². The predicted molar refractivity (Wildman–Crippen MR) is 77.9 cm³/mol. The summed E-state index contributed by atoms with van der Waals surface area (Å²) < 4.78 is 0. The third kappa shape index (κ3) is 4.53. The number of nitrogens with zero attached hydrogens (tertiary/aromatic N) is 1. The first-order valence-corrected chi connectivity index (χ1v) is 7.04. The molecule has 0 aliphatic carbocycles. The van der Waals surface area contributed by atoms with E-state index in [2.05, 4.69) is 5.32 Å². The highest BCUT2D eigenvalue weighted by Crippen LogP contribution is 2.08. The van der Waals surface area contributed by atoms with Crippen molar-refractivity contribution in [1.82, 2.24) is 10.2 Å². The first-order chi connectivity index (χ1) is 9.75. The number of piperidine rings is 1. The lowest BCUT2D eigenvalue weighted by molar-refractivity contribution is -0.127. The summed E-state index contributed by atoms with van der Waals surface area (Å²) in [6.07, 6.45) is 5.98. The molecule has 0 atom stereocenters. The van der Waals surface area contributed by atoms with Crippen LogP contribution in [-0.4, -0.2) is 29.8 Å². The second-order valence-corrected chi connectivity index (χ2v) is 4.92. The summed E-state index contributed by atoms with van der Waals surface area (Å²) in [4.78, 5) is 25.3. The van der Waals surface area contributed by atoms with E-state index in [1.54, 1.807) is 4.90 Å². The minimum absolute atomic E-state index is 0.0699. The quantitative estimate of drug-likeness (QED) is 0.851. The lowest BCUT2D eigenvalue weighted by Crippen LogP contribution is -2.34. The van der Waals surface area contributed by atoms with Crippen LogP contribution in [0.3, 0.4) is 0 Å². The van der Waals surface area contributed by atoms with Crippen molar-refractivity contribution >= 4 is 11.8 Å². The van der Waals surface area contributed by atoms with E-state index >= 15 is 0 Å². The van der Waals surface area contributed by atoms with Crippen LogP contribution in [0.25, 0.3) is 0 Å². The Morgan fingerprint density at radius 3 is 2.45 bits per heavy atom. The fourth-order valence-electron chi connectivity index (χ4n) is 2.21. The molecule has 4 nitrogen and oxygen atoms in total. The Hall–Kier alpha value is -2.10. The van der Waals surface area contributed by atoms with Gasteiger partial charge in [0.25, 0.3) is 0 Å². The summed E-state index contributed by atoms with van der Waals surface area (Å²) >= 11 is 0. The minimum atomic E-state index is -0.237. The first kappa shape index (κ1) is 14.3. The molecule has 2 rings (SSSR count). The molecule has 1 aromatic rings. The van der Waals surface area contributed by atoms with Crippen molar-refractivity contribution in [2.45, 2.75) is 25.8 Å². The Bertz CT molecular complexity index is 477. The third-order valence-electron chi connectivity index (χ3n) is 3.35. The molecular formula is C16H20N2O2. The molecule has 0 spiro atoms. The van der Waals surface area contributed by atoms with Gasteiger partial charge in [0, 0.05) is 31.8 Å². The van der Waals surface area contributed by atoms with Crippen LogP contribution in [0, 0.1) is 0 Å². The second-order valence-electron chi connectivity index (χ2n) is 4.92. The fourth-order valence-corrected chi connectivity index (χ4v) is 2.21. The molecular weight excluding hydrogens is 252 g/mol. The molecule has 0 saturated carbocycles. The van der Waals surface area contributed by atoms with E-state index < -0.39 is 0 Å². The Morgan fingerprint density at radius 2 is 1.75 bits per heavy atom. The number of carbonyl (C=O) groups excluding carboxylic acids is 2. The van der Waals surface area contributed by atoms with Crippen molar-refractivity contribution in [2.75, 3.05) is 13.1 Å². The van der Waals surface area contributed by atoms with Gasteiger partial charge in [-0.05, 0) is 24.8 Å². The monoisotopic (exact) mass is 272 g/mol. The number of rotatable bonds is 4. The van der Waals surface area contributed by atoms with Gasteiger partial charge >= 0.3 is 0 Å². The highest BCUT2D eigenvalue weighted by atomic mass is 16.2.